The van der Waals surface area contributed by atoms with Gasteiger partial charge in [-0.05, 0) is 99.6 Å². The second-order valence-corrected chi connectivity index (χ2v) is 11.3. The van der Waals surface area contributed by atoms with Crippen molar-refractivity contribution in [3.05, 3.63) is 82.6 Å². The van der Waals surface area contributed by atoms with Crippen LogP contribution in [0.3, 0.4) is 0 Å². The smallest absolute Gasteiger partial charge is 0.256 e. The van der Waals surface area contributed by atoms with Crippen molar-refractivity contribution in [2.24, 2.45) is 0 Å². The molecule has 2 fully saturated rings. The molecule has 0 aliphatic carbocycles. The molecule has 0 spiro atoms. The van der Waals surface area contributed by atoms with Crippen LogP contribution in [0.5, 0.6) is 0 Å². The molecule has 0 saturated carbocycles. The first kappa shape index (κ1) is 32.1. The van der Waals surface area contributed by atoms with Crippen molar-refractivity contribution >= 4 is 35.1 Å². The van der Waals surface area contributed by atoms with Crippen LogP contribution in [0.15, 0.2) is 43.0 Å². The van der Waals surface area contributed by atoms with Crippen LogP contribution in [-0.4, -0.2) is 72.2 Å². The van der Waals surface area contributed by atoms with E-state index < -0.39 is 11.6 Å². The summed E-state index contributed by atoms with van der Waals surface area (Å²) in [5, 5.41) is 9.91. The van der Waals surface area contributed by atoms with E-state index in [9.17, 15) is 4.79 Å². The summed E-state index contributed by atoms with van der Waals surface area (Å²) in [5.74, 6) is -1.30. The second-order valence-electron chi connectivity index (χ2n) is 11.3. The average molecular weight is 591 g/mol. The normalized spacial score (nSPS) is 16.1. The molecule has 9 heteroatoms. The topological polar surface area (TPSA) is 67.5 Å². The predicted octanol–water partition coefficient (Wildman–Crippen LogP) is 6.91. The molecule has 0 unspecified atom stereocenters. The van der Waals surface area contributed by atoms with Crippen LogP contribution in [-0.2, 0) is 6.54 Å². The molecule has 0 bridgehead atoms. The van der Waals surface area contributed by atoms with E-state index in [1.54, 1.807) is 31.2 Å². The lowest BCUT2D eigenvalue weighted by atomic mass is 10.0. The van der Waals surface area contributed by atoms with Gasteiger partial charge in [0, 0.05) is 55.1 Å². The van der Waals surface area contributed by atoms with E-state index in [4.69, 9.17) is 0 Å². The minimum atomic E-state index is -0.613. The molecule has 1 amide bonds. The summed E-state index contributed by atoms with van der Waals surface area (Å²) in [4.78, 5) is 19.9. The molecular weight excluding hydrogens is 546 g/mol. The number of anilines is 2. The van der Waals surface area contributed by atoms with Gasteiger partial charge in [-0.2, -0.15) is 5.10 Å². The first-order valence-electron chi connectivity index (χ1n) is 15.2. The van der Waals surface area contributed by atoms with Crippen LogP contribution in [0.25, 0.3) is 17.7 Å². The number of likely N-dealkylation sites (N-methyl/N-ethyl adjacent to an activating group) is 1. The van der Waals surface area contributed by atoms with Crippen molar-refractivity contribution in [1.82, 2.24) is 20.0 Å². The third kappa shape index (κ3) is 8.18. The van der Waals surface area contributed by atoms with E-state index in [0.717, 1.165) is 57.8 Å². The van der Waals surface area contributed by atoms with Crippen molar-refractivity contribution in [2.45, 2.75) is 46.6 Å². The third-order valence-electron chi connectivity index (χ3n) is 7.73. The number of aromatic nitrogens is 2. The Morgan fingerprint density at radius 1 is 1.02 bits per heavy atom. The minimum absolute atomic E-state index is 0.0989. The molecule has 0 radical (unpaired) electrons. The summed E-state index contributed by atoms with van der Waals surface area (Å²) in [7, 11) is 2.11. The van der Waals surface area contributed by atoms with Gasteiger partial charge >= 0.3 is 0 Å². The van der Waals surface area contributed by atoms with Crippen LogP contribution < -0.4 is 10.2 Å². The number of halogens is 2. The highest BCUT2D eigenvalue weighted by Crippen LogP contribution is 2.30. The van der Waals surface area contributed by atoms with Crippen molar-refractivity contribution < 1.29 is 13.6 Å². The van der Waals surface area contributed by atoms with Crippen LogP contribution in [0.2, 0.25) is 0 Å². The molecule has 43 heavy (non-hydrogen) atoms. The number of carbonyl (C=O) groups excluding carboxylic acids is 1. The number of carbonyl (C=O) groups is 1. The number of aromatic amines is 1. The molecular formula is C34H44F2N6O. The highest BCUT2D eigenvalue weighted by atomic mass is 19.1. The number of likely N-dealkylation sites (tertiary alicyclic amines) is 1. The SMILES string of the molecule is C=Cc1[nH]nc(NC(=O)c2ccc(N3CCN(C)CC3)cc2)c1/C=C(\C)c1c(F)cc(CN2CCCC2)cc1F.CCC. The fourth-order valence-corrected chi connectivity index (χ4v) is 5.41. The monoisotopic (exact) mass is 590 g/mol. The van der Waals surface area contributed by atoms with Crippen molar-refractivity contribution in [3.63, 3.8) is 0 Å². The molecule has 0 atom stereocenters. The standard InChI is InChI=1S/C31H36F2N6O.C3H8/c1-4-28-25(17-21(2)29-26(32)18-22(19-27(29)33)20-38-11-5-6-12-38)30(36-35-28)34-31(40)23-7-9-24(10-8-23)39-15-13-37(3)14-16-39;1-3-2/h4,7-10,17-19H,1,5-6,11-16,20H2,2-3H3,(H2,34,35,36,40);3H2,1-2H3/b21-17+;. The molecule has 2 aliphatic heterocycles. The molecule has 5 rings (SSSR count). The lowest BCUT2D eigenvalue weighted by molar-refractivity contribution is 0.102. The first-order chi connectivity index (χ1) is 20.7. The molecule has 2 saturated heterocycles. The van der Waals surface area contributed by atoms with E-state index in [0.29, 0.717) is 34.5 Å². The molecule has 2 N–H and O–H groups in total. The van der Waals surface area contributed by atoms with Crippen molar-refractivity contribution in [3.8, 4) is 0 Å². The summed E-state index contributed by atoms with van der Waals surface area (Å²) in [6.07, 6.45) is 6.65. The van der Waals surface area contributed by atoms with Gasteiger partial charge in [0.25, 0.3) is 5.91 Å². The van der Waals surface area contributed by atoms with Crippen LogP contribution in [0, 0.1) is 11.6 Å². The number of rotatable bonds is 8. The molecule has 3 aromatic rings. The first-order valence-corrected chi connectivity index (χ1v) is 15.2. The van der Waals surface area contributed by atoms with E-state index in [1.165, 1.54) is 18.6 Å². The molecule has 7 nitrogen and oxygen atoms in total. The maximum absolute atomic E-state index is 15.1. The Morgan fingerprint density at radius 3 is 2.21 bits per heavy atom. The number of piperazine rings is 1. The van der Waals surface area contributed by atoms with Crippen LogP contribution >= 0.6 is 0 Å². The highest BCUT2D eigenvalue weighted by molar-refractivity contribution is 6.05. The number of allylic oxidation sites excluding steroid dienone is 1. The minimum Gasteiger partial charge on any atom is -0.369 e. The zero-order valence-electron chi connectivity index (χ0n) is 25.9. The Bertz CT molecular complexity index is 1390. The number of nitrogens with zero attached hydrogens (tertiary/aromatic N) is 4. The van der Waals surface area contributed by atoms with E-state index in [2.05, 4.69) is 57.7 Å². The van der Waals surface area contributed by atoms with Gasteiger partial charge in [-0.15, -0.1) is 0 Å². The molecule has 3 heterocycles. The van der Waals surface area contributed by atoms with Gasteiger partial charge in [0.15, 0.2) is 5.82 Å². The van der Waals surface area contributed by atoms with Gasteiger partial charge in [-0.3, -0.25) is 14.8 Å². The maximum atomic E-state index is 15.1. The van der Waals surface area contributed by atoms with Gasteiger partial charge in [-0.25, -0.2) is 8.78 Å². The Morgan fingerprint density at radius 2 is 1.63 bits per heavy atom. The number of H-pyrrole nitrogens is 1. The number of amides is 1. The van der Waals surface area contributed by atoms with E-state index >= 15 is 8.78 Å². The van der Waals surface area contributed by atoms with Gasteiger partial charge in [-0.1, -0.05) is 26.8 Å². The summed E-state index contributed by atoms with van der Waals surface area (Å²) >= 11 is 0. The quantitative estimate of drug-likeness (QED) is 0.299. The number of hydrogen-bond acceptors (Lipinski definition) is 5. The maximum Gasteiger partial charge on any atom is 0.256 e. The highest BCUT2D eigenvalue weighted by Gasteiger charge is 2.20. The average Bonchev–Trinajstić information content (AvgIpc) is 3.63. The summed E-state index contributed by atoms with van der Waals surface area (Å²) in [6, 6.07) is 10.3. The summed E-state index contributed by atoms with van der Waals surface area (Å²) < 4.78 is 30.3. The van der Waals surface area contributed by atoms with Gasteiger partial charge < -0.3 is 15.1 Å². The Hall–Kier alpha value is -3.82. The lowest BCUT2D eigenvalue weighted by Crippen LogP contribution is -2.44. The largest absolute Gasteiger partial charge is 0.369 e. The van der Waals surface area contributed by atoms with Crippen LogP contribution in [0.1, 0.15) is 72.8 Å². The van der Waals surface area contributed by atoms with E-state index in [1.807, 2.05) is 12.1 Å². The predicted molar refractivity (Wildman–Crippen MR) is 173 cm³/mol. The lowest BCUT2D eigenvalue weighted by Gasteiger charge is -2.34. The second kappa shape index (κ2) is 15.1. The molecule has 2 aliphatic rings. The Balaban J connectivity index is 0.00000135. The van der Waals surface area contributed by atoms with Gasteiger partial charge in [0.05, 0.1) is 5.69 Å². The molecule has 230 valence electrons. The fourth-order valence-electron chi connectivity index (χ4n) is 5.41. The zero-order chi connectivity index (χ0) is 30.9. The van der Waals surface area contributed by atoms with Gasteiger partial charge in [0.2, 0.25) is 0 Å². The zero-order valence-corrected chi connectivity index (χ0v) is 25.9. The summed E-state index contributed by atoms with van der Waals surface area (Å²) in [5.41, 5.74) is 3.49. The fraction of sp³-hybridized carbons (Fsp3) is 0.412. The van der Waals surface area contributed by atoms with Crippen molar-refractivity contribution in [1.29, 1.82) is 0 Å². The summed E-state index contributed by atoms with van der Waals surface area (Å²) in [6.45, 7) is 16.0. The molecule has 2 aromatic carbocycles. The van der Waals surface area contributed by atoms with Gasteiger partial charge in [0.1, 0.15) is 11.6 Å². The Kier molecular flexibility index (Phi) is 11.3. The number of hydrogen-bond donors (Lipinski definition) is 2. The van der Waals surface area contributed by atoms with Crippen molar-refractivity contribution in [2.75, 3.05) is 56.5 Å². The van der Waals surface area contributed by atoms with E-state index in [-0.39, 0.29) is 17.3 Å². The third-order valence-corrected chi connectivity index (χ3v) is 7.73. The van der Waals surface area contributed by atoms with Crippen LogP contribution in [0.4, 0.5) is 20.3 Å². The Labute approximate surface area is 254 Å². The number of nitrogens with one attached hydrogen (secondary N) is 2. The number of benzene rings is 2. The molecule has 1 aromatic heterocycles.